The van der Waals surface area contributed by atoms with Crippen LogP contribution in [0.15, 0.2) is 64.0 Å². The summed E-state index contributed by atoms with van der Waals surface area (Å²) in [5.74, 6) is 0.840. The van der Waals surface area contributed by atoms with E-state index in [1.54, 1.807) is 18.4 Å². The molecule has 4 nitrogen and oxygen atoms in total. The van der Waals surface area contributed by atoms with Crippen LogP contribution < -0.4 is 9.54 Å². The van der Waals surface area contributed by atoms with Crippen molar-refractivity contribution in [3.05, 3.63) is 69.8 Å². The number of nitrogens with zero attached hydrogens (tertiary/aromatic N) is 3. The van der Waals surface area contributed by atoms with E-state index in [0.717, 1.165) is 40.4 Å². The van der Waals surface area contributed by atoms with E-state index in [9.17, 15) is 0 Å². The maximum Gasteiger partial charge on any atom is 0.206 e. The quantitative estimate of drug-likeness (QED) is 0.648. The van der Waals surface area contributed by atoms with Crippen molar-refractivity contribution >= 4 is 17.0 Å². The number of thiazole rings is 1. The van der Waals surface area contributed by atoms with E-state index in [1.807, 2.05) is 22.9 Å². The van der Waals surface area contributed by atoms with Gasteiger partial charge in [0.15, 0.2) is 0 Å². The minimum atomic E-state index is 0.205. The normalized spacial score (nSPS) is 15.6. The lowest BCUT2D eigenvalue weighted by Crippen LogP contribution is -2.16. The Morgan fingerprint density at radius 1 is 1.00 bits per heavy atom. The van der Waals surface area contributed by atoms with Crippen LogP contribution in [0.25, 0.3) is 11.3 Å². The smallest absolute Gasteiger partial charge is 0.206 e. The van der Waals surface area contributed by atoms with E-state index >= 15 is 0 Å². The van der Waals surface area contributed by atoms with Gasteiger partial charge in [-0.2, -0.15) is 5.10 Å². The average Bonchev–Trinajstić information content (AvgIpc) is 3.26. The van der Waals surface area contributed by atoms with Gasteiger partial charge in [-0.15, -0.1) is 11.3 Å². The molecule has 1 aliphatic rings. The number of hydrogen-bond acceptors (Lipinski definition) is 4. The highest BCUT2D eigenvalue weighted by atomic mass is 32.1. The fraction of sp³-hybridized carbons (Fsp3) is 0.273. The summed E-state index contributed by atoms with van der Waals surface area (Å²) in [4.78, 5) is 5.70. The third kappa shape index (κ3) is 3.47. The van der Waals surface area contributed by atoms with E-state index < -0.39 is 0 Å². The summed E-state index contributed by atoms with van der Waals surface area (Å²) >= 11 is 1.62. The summed E-state index contributed by atoms with van der Waals surface area (Å²) in [6, 6.07) is 16.8. The first-order valence-electron chi connectivity index (χ1n) is 9.21. The highest BCUT2D eigenvalue weighted by Crippen LogP contribution is 2.30. The molecule has 4 rings (SSSR count). The molecule has 0 atom stereocenters. The highest BCUT2D eigenvalue weighted by Gasteiger charge is 2.19. The number of hydrogen-bond donors (Lipinski definition) is 0. The van der Waals surface area contributed by atoms with Crippen LogP contribution in [-0.2, 0) is 6.42 Å². The molecule has 0 fully saturated rings. The van der Waals surface area contributed by atoms with E-state index in [1.165, 1.54) is 11.1 Å². The van der Waals surface area contributed by atoms with Crippen molar-refractivity contribution in [2.24, 2.45) is 10.1 Å². The number of benzene rings is 2. The first-order valence-corrected chi connectivity index (χ1v) is 10.1. The van der Waals surface area contributed by atoms with Crippen LogP contribution in [-0.4, -0.2) is 23.5 Å². The first-order chi connectivity index (χ1) is 13.2. The minimum absolute atomic E-state index is 0.205. The van der Waals surface area contributed by atoms with Crippen LogP contribution in [0.5, 0.6) is 5.75 Å². The van der Waals surface area contributed by atoms with Crippen LogP contribution >= 0.6 is 11.3 Å². The predicted octanol–water partition coefficient (Wildman–Crippen LogP) is 4.73. The molecule has 27 heavy (non-hydrogen) atoms. The molecule has 0 saturated carbocycles. The molecule has 3 aromatic rings. The van der Waals surface area contributed by atoms with Gasteiger partial charge in [0.25, 0.3) is 0 Å². The predicted molar refractivity (Wildman–Crippen MR) is 112 cm³/mol. The zero-order valence-corrected chi connectivity index (χ0v) is 16.7. The maximum absolute atomic E-state index is 5.58. The summed E-state index contributed by atoms with van der Waals surface area (Å²) < 4.78 is 7.57. The molecule has 0 radical (unpaired) electrons. The Labute approximate surface area is 163 Å². The molecule has 1 heterocycles. The summed E-state index contributed by atoms with van der Waals surface area (Å²) in [6.07, 6.45) is 2.00. The molecule has 0 aliphatic heterocycles. The highest BCUT2D eigenvalue weighted by molar-refractivity contribution is 7.07. The monoisotopic (exact) mass is 377 g/mol. The molecule has 0 N–H and O–H groups in total. The molecule has 0 spiro atoms. The van der Waals surface area contributed by atoms with E-state index in [4.69, 9.17) is 14.8 Å². The number of fused-ring (bicyclic) bond motifs is 1. The molecular formula is C22H23N3OS. The number of rotatable bonds is 4. The topological polar surface area (TPSA) is 38.9 Å². The van der Waals surface area contributed by atoms with Gasteiger partial charge in [0, 0.05) is 22.5 Å². The second-order valence-electron chi connectivity index (χ2n) is 6.84. The Balaban J connectivity index is 1.92. The molecule has 0 unspecified atom stereocenters. The Hall–Kier alpha value is -2.66. The van der Waals surface area contributed by atoms with Crippen molar-refractivity contribution in [3.8, 4) is 17.0 Å². The maximum atomic E-state index is 5.58. The fourth-order valence-corrected chi connectivity index (χ4v) is 4.33. The van der Waals surface area contributed by atoms with Crippen molar-refractivity contribution in [2.75, 3.05) is 7.11 Å². The van der Waals surface area contributed by atoms with Gasteiger partial charge in [-0.05, 0) is 44.4 Å². The number of methoxy groups -OCH3 is 1. The average molecular weight is 378 g/mol. The van der Waals surface area contributed by atoms with Crippen molar-refractivity contribution in [1.82, 2.24) is 4.68 Å². The number of para-hydroxylation sites is 1. The van der Waals surface area contributed by atoms with E-state index in [-0.39, 0.29) is 6.04 Å². The Kier molecular flexibility index (Phi) is 4.94. The van der Waals surface area contributed by atoms with E-state index in [2.05, 4.69) is 49.6 Å². The summed E-state index contributed by atoms with van der Waals surface area (Å²) in [5.41, 5.74) is 5.77. The molecule has 0 saturated heterocycles. The number of aromatic nitrogens is 1. The van der Waals surface area contributed by atoms with Crippen molar-refractivity contribution in [3.63, 3.8) is 0 Å². The lowest BCUT2D eigenvalue weighted by Gasteiger charge is -2.10. The Bertz CT molecular complexity index is 1060. The van der Waals surface area contributed by atoms with Gasteiger partial charge in [0.05, 0.1) is 18.5 Å². The van der Waals surface area contributed by atoms with Gasteiger partial charge < -0.3 is 4.74 Å². The SMILES string of the molecule is COc1ccccc1-c1csc(=NC(C)C)n1N=C1CCc2ccccc21. The molecule has 1 aromatic heterocycles. The van der Waals surface area contributed by atoms with Crippen LogP contribution in [0.3, 0.4) is 0 Å². The first kappa shape index (κ1) is 17.7. The molecule has 1 aliphatic carbocycles. The van der Waals surface area contributed by atoms with Gasteiger partial charge >= 0.3 is 0 Å². The minimum Gasteiger partial charge on any atom is -0.496 e. The Morgan fingerprint density at radius 3 is 2.52 bits per heavy atom. The van der Waals surface area contributed by atoms with Crippen LogP contribution in [0.4, 0.5) is 0 Å². The van der Waals surface area contributed by atoms with Gasteiger partial charge in [0.2, 0.25) is 4.80 Å². The molecular weight excluding hydrogens is 354 g/mol. The lowest BCUT2D eigenvalue weighted by atomic mass is 10.1. The zero-order chi connectivity index (χ0) is 18.8. The van der Waals surface area contributed by atoms with Crippen LogP contribution in [0, 0.1) is 0 Å². The molecule has 0 bridgehead atoms. The third-order valence-electron chi connectivity index (χ3n) is 4.62. The molecule has 2 aromatic carbocycles. The van der Waals surface area contributed by atoms with Crippen molar-refractivity contribution < 1.29 is 4.74 Å². The van der Waals surface area contributed by atoms with Gasteiger partial charge in [0.1, 0.15) is 5.75 Å². The van der Waals surface area contributed by atoms with Gasteiger partial charge in [-0.25, -0.2) is 4.68 Å². The molecule has 5 heteroatoms. The van der Waals surface area contributed by atoms with Gasteiger partial charge in [-0.3, -0.25) is 4.99 Å². The number of aryl methyl sites for hydroxylation is 1. The summed E-state index contributed by atoms with van der Waals surface area (Å²) in [6.45, 7) is 4.18. The lowest BCUT2D eigenvalue weighted by molar-refractivity contribution is 0.416. The Morgan fingerprint density at radius 2 is 1.74 bits per heavy atom. The van der Waals surface area contributed by atoms with E-state index in [0.29, 0.717) is 0 Å². The summed E-state index contributed by atoms with van der Waals surface area (Å²) in [7, 11) is 1.70. The van der Waals surface area contributed by atoms with Crippen LogP contribution in [0.2, 0.25) is 0 Å². The van der Waals surface area contributed by atoms with Gasteiger partial charge in [-0.1, -0.05) is 36.4 Å². The zero-order valence-electron chi connectivity index (χ0n) is 15.8. The fourth-order valence-electron chi connectivity index (χ4n) is 3.38. The largest absolute Gasteiger partial charge is 0.496 e. The second-order valence-corrected chi connectivity index (χ2v) is 7.68. The second kappa shape index (κ2) is 7.53. The molecule has 0 amide bonds. The third-order valence-corrected chi connectivity index (χ3v) is 5.45. The number of ether oxygens (including phenoxy) is 1. The van der Waals surface area contributed by atoms with Crippen molar-refractivity contribution in [2.45, 2.75) is 32.7 Å². The summed E-state index contributed by atoms with van der Waals surface area (Å²) in [5, 5.41) is 7.17. The van der Waals surface area contributed by atoms with Crippen LogP contribution in [0.1, 0.15) is 31.4 Å². The molecule has 138 valence electrons. The standard InChI is InChI=1S/C22H23N3OS/c1-15(2)23-22-25(24-19-13-12-16-8-4-5-9-17(16)19)20(14-27-22)18-10-6-7-11-21(18)26-3/h4-11,14-15H,12-13H2,1-3H3. The van der Waals surface area contributed by atoms with Crippen molar-refractivity contribution in [1.29, 1.82) is 0 Å².